The third-order valence-electron chi connectivity index (χ3n) is 4.37. The number of aliphatic hydroxyl groups excluding tert-OH is 1. The molecule has 0 bridgehead atoms. The molecule has 0 saturated heterocycles. The molecule has 0 radical (unpaired) electrons. The monoisotopic (exact) mass is 381 g/mol. The van der Waals surface area contributed by atoms with E-state index in [1.54, 1.807) is 24.3 Å². The molecule has 0 unspecified atom stereocenters. The van der Waals surface area contributed by atoms with E-state index >= 15 is 0 Å². The van der Waals surface area contributed by atoms with Gasteiger partial charge in [0, 0.05) is 24.1 Å². The molecule has 1 aromatic heterocycles. The van der Waals surface area contributed by atoms with Gasteiger partial charge in [0.05, 0.1) is 6.10 Å². The van der Waals surface area contributed by atoms with Crippen LogP contribution >= 0.6 is 0 Å². The minimum Gasteiger partial charge on any atom is -0.484 e. The molecule has 28 heavy (non-hydrogen) atoms. The van der Waals surface area contributed by atoms with Gasteiger partial charge in [0.2, 0.25) is 0 Å². The molecule has 0 fully saturated rings. The number of rotatable bonds is 8. The van der Waals surface area contributed by atoms with Crippen molar-refractivity contribution in [1.82, 2.24) is 5.32 Å². The Morgan fingerprint density at radius 2 is 1.96 bits per heavy atom. The molecule has 3 rings (SSSR count). The number of hydrogen-bond acceptors (Lipinski definition) is 5. The number of ether oxygens (including phenoxy) is 1. The Hall–Kier alpha value is -3.12. The lowest BCUT2D eigenvalue weighted by Gasteiger charge is -2.13. The Morgan fingerprint density at radius 1 is 1.18 bits per heavy atom. The standard InChI is InChI=1S/C22H23NO5/c1-2-6-16-11-22(26)28-20-12-17(9-10-18(16)20)27-14-21(25)23-13-19(24)15-7-4-3-5-8-15/h3-5,7-12,19,24H,2,6,13-14H2,1H3,(H,23,25)/t19-/m1/s1. The Labute approximate surface area is 162 Å². The average Bonchev–Trinajstić information content (AvgIpc) is 2.71. The highest BCUT2D eigenvalue weighted by atomic mass is 16.5. The fourth-order valence-corrected chi connectivity index (χ4v) is 2.98. The third kappa shape index (κ3) is 4.98. The molecule has 2 N–H and O–H groups in total. The van der Waals surface area contributed by atoms with Crippen molar-refractivity contribution >= 4 is 16.9 Å². The second kappa shape index (κ2) is 9.19. The van der Waals surface area contributed by atoms with Gasteiger partial charge in [-0.05, 0) is 29.7 Å². The van der Waals surface area contributed by atoms with Crippen molar-refractivity contribution in [2.75, 3.05) is 13.2 Å². The van der Waals surface area contributed by atoms with Crippen LogP contribution in [0, 0.1) is 0 Å². The number of nitrogens with one attached hydrogen (secondary N) is 1. The van der Waals surface area contributed by atoms with Crippen molar-refractivity contribution in [3.63, 3.8) is 0 Å². The first kappa shape index (κ1) is 19.6. The molecule has 2 aromatic carbocycles. The van der Waals surface area contributed by atoms with Crippen LogP contribution in [0.25, 0.3) is 11.0 Å². The molecule has 0 aliphatic heterocycles. The predicted octanol–water partition coefficient (Wildman–Crippen LogP) is 2.97. The first-order chi connectivity index (χ1) is 13.6. The minimum atomic E-state index is -0.780. The number of aryl methyl sites for hydroxylation is 1. The SMILES string of the molecule is CCCc1cc(=O)oc2cc(OCC(=O)NC[C@@H](O)c3ccccc3)ccc12. The maximum absolute atomic E-state index is 12.0. The largest absolute Gasteiger partial charge is 0.484 e. The van der Waals surface area contributed by atoms with Gasteiger partial charge in [-0.3, -0.25) is 4.79 Å². The highest BCUT2D eigenvalue weighted by Gasteiger charge is 2.11. The molecular formula is C22H23NO5. The summed E-state index contributed by atoms with van der Waals surface area (Å²) in [6.45, 7) is 1.94. The second-order valence-corrected chi connectivity index (χ2v) is 6.52. The van der Waals surface area contributed by atoms with Crippen molar-refractivity contribution < 1.29 is 19.1 Å². The van der Waals surface area contributed by atoms with Crippen molar-refractivity contribution in [2.24, 2.45) is 0 Å². The number of carbonyl (C=O) groups is 1. The van der Waals surface area contributed by atoms with Gasteiger partial charge in [-0.1, -0.05) is 43.7 Å². The Kier molecular flexibility index (Phi) is 6.45. The zero-order chi connectivity index (χ0) is 19.9. The van der Waals surface area contributed by atoms with Crippen LogP contribution in [0.2, 0.25) is 0 Å². The molecule has 1 heterocycles. The van der Waals surface area contributed by atoms with Crippen molar-refractivity contribution in [1.29, 1.82) is 0 Å². The summed E-state index contributed by atoms with van der Waals surface area (Å²) in [5, 5.41) is 13.6. The zero-order valence-corrected chi connectivity index (χ0v) is 15.7. The van der Waals surface area contributed by atoms with Crippen LogP contribution in [-0.2, 0) is 11.2 Å². The lowest BCUT2D eigenvalue weighted by molar-refractivity contribution is -0.123. The topological polar surface area (TPSA) is 88.8 Å². The number of benzene rings is 2. The molecule has 0 aliphatic rings. The molecule has 0 aliphatic carbocycles. The number of carbonyl (C=O) groups excluding carboxylic acids is 1. The van der Waals surface area contributed by atoms with Gasteiger partial charge in [0.1, 0.15) is 11.3 Å². The highest BCUT2D eigenvalue weighted by molar-refractivity contribution is 5.82. The molecule has 6 heteroatoms. The van der Waals surface area contributed by atoms with Crippen LogP contribution in [0.5, 0.6) is 5.75 Å². The van der Waals surface area contributed by atoms with Gasteiger partial charge >= 0.3 is 5.63 Å². The Balaban J connectivity index is 1.58. The molecule has 1 atom stereocenters. The lowest BCUT2D eigenvalue weighted by Crippen LogP contribution is -2.32. The van der Waals surface area contributed by atoms with Crippen LogP contribution < -0.4 is 15.7 Å². The van der Waals surface area contributed by atoms with Crippen LogP contribution in [-0.4, -0.2) is 24.2 Å². The van der Waals surface area contributed by atoms with Gasteiger partial charge in [-0.15, -0.1) is 0 Å². The van der Waals surface area contributed by atoms with Crippen LogP contribution in [0.1, 0.15) is 30.6 Å². The van der Waals surface area contributed by atoms with E-state index in [9.17, 15) is 14.7 Å². The fraction of sp³-hybridized carbons (Fsp3) is 0.273. The van der Waals surface area contributed by atoms with Gasteiger partial charge in [-0.25, -0.2) is 4.79 Å². The molecule has 146 valence electrons. The first-order valence-electron chi connectivity index (χ1n) is 9.26. The van der Waals surface area contributed by atoms with Crippen molar-refractivity contribution in [3.05, 3.63) is 76.1 Å². The van der Waals surface area contributed by atoms with Gasteiger partial charge in [0.25, 0.3) is 5.91 Å². The van der Waals surface area contributed by atoms with Crippen molar-refractivity contribution in [3.8, 4) is 5.75 Å². The molecular weight excluding hydrogens is 358 g/mol. The van der Waals surface area contributed by atoms with E-state index in [-0.39, 0.29) is 19.1 Å². The maximum atomic E-state index is 12.0. The summed E-state index contributed by atoms with van der Waals surface area (Å²) in [6, 6.07) is 15.8. The van der Waals surface area contributed by atoms with E-state index in [0.717, 1.165) is 29.4 Å². The van der Waals surface area contributed by atoms with E-state index in [1.165, 1.54) is 6.07 Å². The number of aliphatic hydroxyl groups is 1. The second-order valence-electron chi connectivity index (χ2n) is 6.52. The summed E-state index contributed by atoms with van der Waals surface area (Å²) in [5.41, 5.74) is 1.71. The third-order valence-corrected chi connectivity index (χ3v) is 4.37. The van der Waals surface area contributed by atoms with Crippen LogP contribution in [0.4, 0.5) is 0 Å². The Morgan fingerprint density at radius 3 is 2.71 bits per heavy atom. The lowest BCUT2D eigenvalue weighted by atomic mass is 10.1. The van der Waals surface area contributed by atoms with E-state index in [1.807, 2.05) is 31.2 Å². The number of fused-ring (bicyclic) bond motifs is 1. The molecule has 0 spiro atoms. The quantitative estimate of drug-likeness (QED) is 0.586. The van der Waals surface area contributed by atoms with E-state index in [0.29, 0.717) is 11.3 Å². The first-order valence-corrected chi connectivity index (χ1v) is 9.26. The predicted molar refractivity (Wildman–Crippen MR) is 106 cm³/mol. The molecule has 6 nitrogen and oxygen atoms in total. The number of hydrogen-bond donors (Lipinski definition) is 2. The minimum absolute atomic E-state index is 0.0964. The summed E-state index contributed by atoms with van der Waals surface area (Å²) in [7, 11) is 0. The zero-order valence-electron chi connectivity index (χ0n) is 15.7. The highest BCUT2D eigenvalue weighted by Crippen LogP contribution is 2.23. The van der Waals surface area contributed by atoms with E-state index < -0.39 is 11.7 Å². The normalized spacial score (nSPS) is 11.9. The van der Waals surface area contributed by atoms with E-state index in [4.69, 9.17) is 9.15 Å². The van der Waals surface area contributed by atoms with Crippen LogP contribution in [0.15, 0.2) is 63.8 Å². The summed E-state index contributed by atoms with van der Waals surface area (Å²) in [6.07, 6.45) is 0.928. The summed E-state index contributed by atoms with van der Waals surface area (Å²) in [4.78, 5) is 23.7. The summed E-state index contributed by atoms with van der Waals surface area (Å²) in [5.74, 6) is 0.0827. The smallest absolute Gasteiger partial charge is 0.336 e. The maximum Gasteiger partial charge on any atom is 0.336 e. The summed E-state index contributed by atoms with van der Waals surface area (Å²) < 4.78 is 10.8. The van der Waals surface area contributed by atoms with Crippen LogP contribution in [0.3, 0.4) is 0 Å². The van der Waals surface area contributed by atoms with Gasteiger partial charge in [0.15, 0.2) is 6.61 Å². The van der Waals surface area contributed by atoms with Gasteiger partial charge < -0.3 is 19.6 Å². The van der Waals surface area contributed by atoms with E-state index in [2.05, 4.69) is 5.32 Å². The van der Waals surface area contributed by atoms with Crippen molar-refractivity contribution in [2.45, 2.75) is 25.9 Å². The average molecular weight is 381 g/mol. The molecule has 1 amide bonds. The fourth-order valence-electron chi connectivity index (χ4n) is 2.98. The molecule has 3 aromatic rings. The number of amides is 1. The molecule has 0 saturated carbocycles. The summed E-state index contributed by atoms with van der Waals surface area (Å²) >= 11 is 0. The Bertz CT molecular complexity index is 997. The van der Waals surface area contributed by atoms with Gasteiger partial charge in [-0.2, -0.15) is 0 Å².